The van der Waals surface area contributed by atoms with Gasteiger partial charge in [0.15, 0.2) is 11.5 Å². The fourth-order valence-electron chi connectivity index (χ4n) is 0.802. The van der Waals surface area contributed by atoms with E-state index in [1.54, 1.807) is 0 Å². The minimum Gasteiger partial charge on any atom is -0.504 e. The van der Waals surface area contributed by atoms with Crippen LogP contribution in [0.25, 0.3) is 0 Å². The van der Waals surface area contributed by atoms with Crippen LogP contribution >= 0.6 is 0 Å². The quantitative estimate of drug-likeness (QED) is 0.281. The molecule has 12 heavy (non-hydrogen) atoms. The van der Waals surface area contributed by atoms with Crippen LogP contribution < -0.4 is 0 Å². The van der Waals surface area contributed by atoms with Crippen molar-refractivity contribution in [3.05, 3.63) is 23.8 Å². The summed E-state index contributed by atoms with van der Waals surface area (Å²) in [5.41, 5.74) is -0.567. The van der Waals surface area contributed by atoms with Crippen molar-refractivity contribution in [2.75, 3.05) is 0 Å². The molecule has 0 aliphatic heterocycles. The molecule has 0 spiro atoms. The molecule has 0 radical (unpaired) electrons. The molecule has 1 aromatic rings. The molecule has 0 amide bonds. The molecule has 5 heteroatoms. The molecule has 0 atom stereocenters. The van der Waals surface area contributed by atoms with Gasteiger partial charge in [-0.1, -0.05) is 6.07 Å². The topological polar surface area (TPSA) is 101 Å². The maximum atomic E-state index is 9.00. The number of aromatic hydroxyl groups is 2. The monoisotopic (exact) mass is 172 g/mol. The Hall–Kier alpha value is -1.30. The Morgan fingerprint density at radius 3 is 2.00 bits per heavy atom. The molecule has 1 rings (SSSR count). The summed E-state index contributed by atoms with van der Waals surface area (Å²) in [6, 6.07) is 3.46. The average molecular weight is 172 g/mol. The molecule has 0 heterocycles. The molecule has 0 unspecified atom stereocenters. The van der Waals surface area contributed by atoms with Crippen LogP contribution in [0, 0.1) is 0 Å². The number of rotatable bonds is 1. The van der Waals surface area contributed by atoms with Crippen LogP contribution in [0.1, 0.15) is 5.56 Å². The minimum absolute atomic E-state index is 0.533. The minimum atomic E-state index is -3.14. The molecule has 0 aromatic heterocycles. The van der Waals surface area contributed by atoms with Gasteiger partial charge in [0.25, 0.3) is 0 Å². The number of phenolic OH excluding ortho intramolecular Hbond substituents is 2. The van der Waals surface area contributed by atoms with Crippen molar-refractivity contribution in [2.24, 2.45) is 0 Å². The van der Waals surface area contributed by atoms with E-state index in [-0.39, 0.29) is 0 Å². The Labute approximate surface area is 67.8 Å². The van der Waals surface area contributed by atoms with Crippen LogP contribution in [0.4, 0.5) is 0 Å². The third-order valence-corrected chi connectivity index (χ3v) is 1.38. The lowest BCUT2D eigenvalue weighted by Crippen LogP contribution is -2.23. The van der Waals surface area contributed by atoms with E-state index in [1.165, 1.54) is 6.07 Å². The normalized spacial score (nSPS) is 11.6. The number of hydrogen-bond donors (Lipinski definition) is 5. The zero-order valence-corrected chi connectivity index (χ0v) is 5.97. The van der Waals surface area contributed by atoms with Crippen LogP contribution in [0.3, 0.4) is 0 Å². The summed E-state index contributed by atoms with van der Waals surface area (Å²) in [5.74, 6) is -4.43. The van der Waals surface area contributed by atoms with Crippen molar-refractivity contribution in [3.63, 3.8) is 0 Å². The van der Waals surface area contributed by atoms with Crippen LogP contribution in [0.5, 0.6) is 11.5 Å². The van der Waals surface area contributed by atoms with E-state index in [4.69, 9.17) is 25.5 Å². The Morgan fingerprint density at radius 2 is 1.58 bits per heavy atom. The maximum absolute atomic E-state index is 9.00. The second-order valence-corrected chi connectivity index (χ2v) is 2.31. The SMILES string of the molecule is Oc1cccc(C(O)(O)O)c1O. The first-order valence-electron chi connectivity index (χ1n) is 3.11. The van der Waals surface area contributed by atoms with E-state index in [2.05, 4.69) is 0 Å². The van der Waals surface area contributed by atoms with Crippen LogP contribution in [0.15, 0.2) is 18.2 Å². The van der Waals surface area contributed by atoms with E-state index in [0.717, 1.165) is 12.1 Å². The summed E-state index contributed by atoms with van der Waals surface area (Å²) in [5, 5.41) is 43.8. The van der Waals surface area contributed by atoms with Gasteiger partial charge in [0.05, 0.1) is 5.56 Å². The summed E-state index contributed by atoms with van der Waals surface area (Å²) in [6.07, 6.45) is 0. The smallest absolute Gasteiger partial charge is 0.308 e. The summed E-state index contributed by atoms with van der Waals surface area (Å²) in [7, 11) is 0. The van der Waals surface area contributed by atoms with Crippen molar-refractivity contribution in [2.45, 2.75) is 5.97 Å². The molecular weight excluding hydrogens is 164 g/mol. The largest absolute Gasteiger partial charge is 0.504 e. The molecule has 0 bridgehead atoms. The fourth-order valence-corrected chi connectivity index (χ4v) is 0.802. The van der Waals surface area contributed by atoms with Gasteiger partial charge < -0.3 is 25.5 Å². The van der Waals surface area contributed by atoms with Gasteiger partial charge in [-0.05, 0) is 12.1 Å². The average Bonchev–Trinajstić information content (AvgIpc) is 1.92. The lowest BCUT2D eigenvalue weighted by Gasteiger charge is -2.15. The van der Waals surface area contributed by atoms with Gasteiger partial charge in [-0.25, -0.2) is 0 Å². The lowest BCUT2D eigenvalue weighted by atomic mass is 10.1. The van der Waals surface area contributed by atoms with Gasteiger partial charge in [0.1, 0.15) is 0 Å². The fraction of sp³-hybridized carbons (Fsp3) is 0.143. The highest BCUT2D eigenvalue weighted by molar-refractivity contribution is 5.45. The zero-order chi connectivity index (χ0) is 9.35. The zero-order valence-electron chi connectivity index (χ0n) is 5.97. The molecule has 0 aliphatic carbocycles. The third-order valence-electron chi connectivity index (χ3n) is 1.38. The first-order valence-corrected chi connectivity index (χ1v) is 3.11. The van der Waals surface area contributed by atoms with Gasteiger partial charge >= 0.3 is 5.97 Å². The maximum Gasteiger partial charge on any atom is 0.308 e. The van der Waals surface area contributed by atoms with E-state index < -0.39 is 23.0 Å². The van der Waals surface area contributed by atoms with E-state index in [9.17, 15) is 0 Å². The Morgan fingerprint density at radius 1 is 1.00 bits per heavy atom. The second-order valence-electron chi connectivity index (χ2n) is 2.31. The predicted molar refractivity (Wildman–Crippen MR) is 38.1 cm³/mol. The molecule has 0 fully saturated rings. The summed E-state index contributed by atoms with van der Waals surface area (Å²) in [4.78, 5) is 0. The molecule has 0 saturated heterocycles. The van der Waals surface area contributed by atoms with E-state index in [0.29, 0.717) is 0 Å². The summed E-state index contributed by atoms with van der Waals surface area (Å²) >= 11 is 0. The number of benzene rings is 1. The van der Waals surface area contributed by atoms with E-state index >= 15 is 0 Å². The van der Waals surface area contributed by atoms with Crippen LogP contribution in [-0.2, 0) is 5.97 Å². The standard InChI is InChI=1S/C7H8O5/c8-5-3-1-2-4(6(5)9)7(10,11)12/h1-3,8-12H. The summed E-state index contributed by atoms with van der Waals surface area (Å²) < 4.78 is 0. The van der Waals surface area contributed by atoms with Crippen LogP contribution in [-0.4, -0.2) is 25.5 Å². The number of phenols is 2. The van der Waals surface area contributed by atoms with Gasteiger partial charge in [-0.15, -0.1) is 0 Å². The van der Waals surface area contributed by atoms with E-state index in [1.807, 2.05) is 0 Å². The highest BCUT2D eigenvalue weighted by atomic mass is 16.7. The van der Waals surface area contributed by atoms with Crippen molar-refractivity contribution < 1.29 is 25.5 Å². The molecule has 0 saturated carbocycles. The third kappa shape index (κ3) is 1.48. The first kappa shape index (κ1) is 8.79. The number of hydrogen-bond acceptors (Lipinski definition) is 5. The first-order chi connectivity index (χ1) is 5.43. The van der Waals surface area contributed by atoms with Gasteiger partial charge in [-0.3, -0.25) is 0 Å². The molecule has 1 aromatic carbocycles. The predicted octanol–water partition coefficient (Wildman–Crippen LogP) is -0.815. The van der Waals surface area contributed by atoms with Gasteiger partial charge in [0.2, 0.25) is 0 Å². The highest BCUT2D eigenvalue weighted by Crippen LogP contribution is 2.32. The molecule has 0 aliphatic rings. The highest BCUT2D eigenvalue weighted by Gasteiger charge is 2.26. The van der Waals surface area contributed by atoms with Crippen molar-refractivity contribution in [3.8, 4) is 11.5 Å². The summed E-state index contributed by atoms with van der Waals surface area (Å²) in [6.45, 7) is 0. The van der Waals surface area contributed by atoms with Crippen LogP contribution in [0.2, 0.25) is 0 Å². The Balaban J connectivity index is 3.26. The second kappa shape index (κ2) is 2.63. The lowest BCUT2D eigenvalue weighted by molar-refractivity contribution is -0.324. The number of aliphatic hydroxyl groups is 3. The number of para-hydroxylation sites is 1. The van der Waals surface area contributed by atoms with Gasteiger partial charge in [0, 0.05) is 0 Å². The van der Waals surface area contributed by atoms with Crippen molar-refractivity contribution in [1.82, 2.24) is 0 Å². The molecule has 5 N–H and O–H groups in total. The molecule has 66 valence electrons. The Bertz CT molecular complexity index is 288. The molecule has 5 nitrogen and oxygen atoms in total. The van der Waals surface area contributed by atoms with Crippen molar-refractivity contribution >= 4 is 0 Å². The Kier molecular flexibility index (Phi) is 1.93. The molecular formula is C7H8O5. The van der Waals surface area contributed by atoms with Gasteiger partial charge in [-0.2, -0.15) is 0 Å². The van der Waals surface area contributed by atoms with Crippen molar-refractivity contribution in [1.29, 1.82) is 0 Å².